The van der Waals surface area contributed by atoms with Crippen molar-refractivity contribution < 1.29 is 0 Å². The van der Waals surface area contributed by atoms with Crippen LogP contribution in [0.15, 0.2) is 51.9 Å². The average Bonchev–Trinajstić information content (AvgIpc) is 2.54. The monoisotopic (exact) mass is 215 g/mol. The molecular formula is C13H13NS. The molecule has 1 aliphatic carbocycles. The van der Waals surface area contributed by atoms with Gasteiger partial charge >= 0.3 is 0 Å². The summed E-state index contributed by atoms with van der Waals surface area (Å²) in [6.07, 6.45) is 5.28. The molecule has 0 bridgehead atoms. The third-order valence-corrected chi connectivity index (χ3v) is 4.75. The molecule has 2 aliphatic rings. The van der Waals surface area contributed by atoms with Gasteiger partial charge in [0.05, 0.1) is 0 Å². The normalized spacial score (nSPS) is 27.8. The minimum atomic E-state index is 0.125. The van der Waals surface area contributed by atoms with E-state index in [0.717, 1.165) is 12.1 Å². The fourth-order valence-corrected chi connectivity index (χ4v) is 3.81. The van der Waals surface area contributed by atoms with Crippen LogP contribution in [0.3, 0.4) is 0 Å². The van der Waals surface area contributed by atoms with Crippen LogP contribution in [0.2, 0.25) is 0 Å². The van der Waals surface area contributed by atoms with Crippen molar-refractivity contribution in [1.29, 1.82) is 0 Å². The molecule has 0 saturated carbocycles. The molecule has 76 valence electrons. The Morgan fingerprint density at radius 2 is 2.13 bits per heavy atom. The van der Waals surface area contributed by atoms with Crippen molar-refractivity contribution in [3.05, 3.63) is 52.6 Å². The predicted octanol–water partition coefficient (Wildman–Crippen LogP) is 3.18. The second-order valence-electron chi connectivity index (χ2n) is 4.32. The smallest absolute Gasteiger partial charge is 0.0420 e. The summed E-state index contributed by atoms with van der Waals surface area (Å²) in [4.78, 5) is 2.69. The van der Waals surface area contributed by atoms with Gasteiger partial charge in [0.2, 0.25) is 0 Å². The molecule has 2 heteroatoms. The van der Waals surface area contributed by atoms with Crippen molar-refractivity contribution in [2.24, 2.45) is 5.73 Å². The molecule has 1 aromatic carbocycles. The molecule has 0 radical (unpaired) electrons. The minimum absolute atomic E-state index is 0.125. The number of hydrogen-bond acceptors (Lipinski definition) is 2. The summed E-state index contributed by atoms with van der Waals surface area (Å²) in [5.41, 5.74) is 8.54. The molecule has 0 saturated heterocycles. The van der Waals surface area contributed by atoms with Gasteiger partial charge in [-0.05, 0) is 24.1 Å². The molecule has 0 aromatic heterocycles. The zero-order chi connectivity index (χ0) is 10.5. The van der Waals surface area contributed by atoms with Gasteiger partial charge in [0, 0.05) is 20.9 Å². The number of nitrogens with two attached hydrogens (primary N) is 1. The Labute approximate surface area is 94.1 Å². The Bertz CT molecular complexity index is 487. The lowest BCUT2D eigenvalue weighted by Crippen LogP contribution is -2.24. The summed E-state index contributed by atoms with van der Waals surface area (Å²) < 4.78 is 0. The Morgan fingerprint density at radius 1 is 1.33 bits per heavy atom. The third kappa shape index (κ3) is 1.11. The van der Waals surface area contributed by atoms with Crippen molar-refractivity contribution in [2.75, 3.05) is 0 Å². The van der Waals surface area contributed by atoms with E-state index in [4.69, 9.17) is 5.73 Å². The largest absolute Gasteiger partial charge is 0.398 e. The first-order chi connectivity index (χ1) is 7.22. The summed E-state index contributed by atoms with van der Waals surface area (Å²) in [6.45, 7) is 2.29. The van der Waals surface area contributed by atoms with Crippen LogP contribution < -0.4 is 5.73 Å². The van der Waals surface area contributed by atoms with Gasteiger partial charge < -0.3 is 5.73 Å². The van der Waals surface area contributed by atoms with E-state index in [1.54, 1.807) is 0 Å². The Balaban J connectivity index is 2.25. The summed E-state index contributed by atoms with van der Waals surface area (Å²) in [5, 5.41) is 0. The predicted molar refractivity (Wildman–Crippen MR) is 64.6 cm³/mol. The number of thioether (sulfide) groups is 1. The van der Waals surface area contributed by atoms with E-state index in [9.17, 15) is 0 Å². The van der Waals surface area contributed by atoms with Gasteiger partial charge in [-0.2, -0.15) is 0 Å². The van der Waals surface area contributed by atoms with Crippen molar-refractivity contribution in [1.82, 2.24) is 0 Å². The topological polar surface area (TPSA) is 26.0 Å². The van der Waals surface area contributed by atoms with Crippen LogP contribution in [0, 0.1) is 0 Å². The standard InChI is InChI=1S/C13H13NS/c1-13-8-4-6-10(14)12(13)15-11-7-3-2-5-9(11)13/h2-7H,8,14H2,1H3. The van der Waals surface area contributed by atoms with Gasteiger partial charge in [0.15, 0.2) is 0 Å². The number of allylic oxidation sites excluding steroid dienone is 3. The molecule has 0 fully saturated rings. The van der Waals surface area contributed by atoms with E-state index in [0.29, 0.717) is 0 Å². The third-order valence-electron chi connectivity index (χ3n) is 3.28. The van der Waals surface area contributed by atoms with Crippen molar-refractivity contribution in [2.45, 2.75) is 23.7 Å². The fraction of sp³-hybridized carbons (Fsp3) is 0.231. The van der Waals surface area contributed by atoms with Gasteiger partial charge in [-0.25, -0.2) is 0 Å². The van der Waals surface area contributed by atoms with E-state index in [1.807, 2.05) is 17.8 Å². The lowest BCUT2D eigenvalue weighted by molar-refractivity contribution is 0.583. The van der Waals surface area contributed by atoms with Gasteiger partial charge in [0.25, 0.3) is 0 Å². The highest BCUT2D eigenvalue weighted by atomic mass is 32.2. The number of benzene rings is 1. The molecule has 0 amide bonds. The summed E-state index contributed by atoms with van der Waals surface area (Å²) >= 11 is 1.83. The second-order valence-corrected chi connectivity index (χ2v) is 5.37. The Kier molecular flexibility index (Phi) is 1.77. The van der Waals surface area contributed by atoms with E-state index < -0.39 is 0 Å². The molecule has 1 nitrogen and oxygen atoms in total. The van der Waals surface area contributed by atoms with E-state index in [2.05, 4.69) is 37.3 Å². The first-order valence-electron chi connectivity index (χ1n) is 5.16. The summed E-state index contributed by atoms with van der Waals surface area (Å²) in [7, 11) is 0. The van der Waals surface area contributed by atoms with E-state index in [1.165, 1.54) is 15.4 Å². The molecule has 1 aromatic rings. The van der Waals surface area contributed by atoms with Gasteiger partial charge in [-0.15, -0.1) is 0 Å². The highest BCUT2D eigenvalue weighted by molar-refractivity contribution is 8.03. The molecule has 1 heterocycles. The van der Waals surface area contributed by atoms with Crippen LogP contribution in [0.5, 0.6) is 0 Å². The van der Waals surface area contributed by atoms with Crippen molar-refractivity contribution in [3.8, 4) is 0 Å². The molecule has 3 rings (SSSR count). The molecule has 1 aliphatic heterocycles. The molecule has 1 atom stereocenters. The van der Waals surface area contributed by atoms with E-state index >= 15 is 0 Å². The zero-order valence-electron chi connectivity index (χ0n) is 8.66. The maximum Gasteiger partial charge on any atom is 0.0420 e. The zero-order valence-corrected chi connectivity index (χ0v) is 9.47. The fourth-order valence-electron chi connectivity index (χ4n) is 2.43. The van der Waals surface area contributed by atoms with Crippen molar-refractivity contribution in [3.63, 3.8) is 0 Å². The van der Waals surface area contributed by atoms with Crippen LogP contribution in [-0.4, -0.2) is 0 Å². The van der Waals surface area contributed by atoms with Crippen LogP contribution in [0.1, 0.15) is 18.9 Å². The molecule has 15 heavy (non-hydrogen) atoms. The average molecular weight is 215 g/mol. The number of fused-ring (bicyclic) bond motifs is 3. The SMILES string of the molecule is CC12CC=CC(N)=C1Sc1ccccc12. The Hall–Kier alpha value is -1.15. The van der Waals surface area contributed by atoms with Gasteiger partial charge in [0.1, 0.15) is 0 Å². The molecule has 2 N–H and O–H groups in total. The highest BCUT2D eigenvalue weighted by Crippen LogP contribution is 2.56. The first kappa shape index (κ1) is 9.10. The molecule has 1 unspecified atom stereocenters. The van der Waals surface area contributed by atoms with Crippen LogP contribution >= 0.6 is 11.8 Å². The lowest BCUT2D eigenvalue weighted by Gasteiger charge is -2.28. The molecular weight excluding hydrogens is 202 g/mol. The lowest BCUT2D eigenvalue weighted by atomic mass is 9.77. The number of rotatable bonds is 0. The maximum atomic E-state index is 6.06. The van der Waals surface area contributed by atoms with Crippen LogP contribution in [0.25, 0.3) is 0 Å². The van der Waals surface area contributed by atoms with Gasteiger partial charge in [-0.1, -0.05) is 43.0 Å². The first-order valence-corrected chi connectivity index (χ1v) is 5.97. The van der Waals surface area contributed by atoms with Crippen LogP contribution in [-0.2, 0) is 5.41 Å². The maximum absolute atomic E-state index is 6.06. The molecule has 0 spiro atoms. The summed E-state index contributed by atoms with van der Waals surface area (Å²) in [5.74, 6) is 0. The number of hydrogen-bond donors (Lipinski definition) is 1. The van der Waals surface area contributed by atoms with Crippen LogP contribution in [0.4, 0.5) is 0 Å². The quantitative estimate of drug-likeness (QED) is 0.719. The second kappa shape index (κ2) is 2.92. The Morgan fingerprint density at radius 3 is 3.00 bits per heavy atom. The summed E-state index contributed by atoms with van der Waals surface area (Å²) in [6, 6.07) is 8.62. The minimum Gasteiger partial charge on any atom is -0.398 e. The van der Waals surface area contributed by atoms with Gasteiger partial charge in [-0.3, -0.25) is 0 Å². The van der Waals surface area contributed by atoms with Crippen molar-refractivity contribution >= 4 is 11.8 Å². The van der Waals surface area contributed by atoms with E-state index in [-0.39, 0.29) is 5.41 Å². The highest BCUT2D eigenvalue weighted by Gasteiger charge is 2.41.